The summed E-state index contributed by atoms with van der Waals surface area (Å²) in [6.07, 6.45) is 2.25. The van der Waals surface area contributed by atoms with E-state index in [2.05, 4.69) is 86.6 Å². The summed E-state index contributed by atoms with van der Waals surface area (Å²) in [5.74, 6) is 0. The summed E-state index contributed by atoms with van der Waals surface area (Å²) in [6, 6.07) is 25.2. The molecule has 0 aliphatic carbocycles. The number of nitrogens with one attached hydrogen (secondary N) is 3. The summed E-state index contributed by atoms with van der Waals surface area (Å²) in [6.45, 7) is 4.21. The number of benzene rings is 3. The molecule has 138 valence electrons. The Bertz CT molecular complexity index is 779. The van der Waals surface area contributed by atoms with Crippen molar-refractivity contribution < 1.29 is 14.4 Å². The zero-order chi connectivity index (χ0) is 20.9. The number of hydrogen-bond donors (Lipinski definition) is 3. The number of aryl methyl sites for hydroxylation is 2. The van der Waals surface area contributed by atoms with E-state index >= 15 is 0 Å². The van der Waals surface area contributed by atoms with Crippen molar-refractivity contribution in [2.45, 2.75) is 13.8 Å². The summed E-state index contributed by atoms with van der Waals surface area (Å²) in [4.78, 5) is 25.0. The van der Waals surface area contributed by atoms with E-state index in [1.165, 1.54) is 21.9 Å². The van der Waals surface area contributed by atoms with Gasteiger partial charge < -0.3 is 0 Å². The van der Waals surface area contributed by atoms with Gasteiger partial charge in [-0.15, -0.1) is 0 Å². The predicted octanol–water partition coefficient (Wildman–Crippen LogP) is 4.85. The van der Waals surface area contributed by atoms with Crippen molar-refractivity contribution >= 4 is 29.0 Å². The van der Waals surface area contributed by atoms with Crippen molar-refractivity contribution in [3.8, 4) is 0 Å². The van der Waals surface area contributed by atoms with Gasteiger partial charge in [-0.25, -0.2) is 30.6 Å². The quantitative estimate of drug-likeness (QED) is 0.391. The number of rotatable bonds is 0. The number of isocyanates is 3. The first-order valence-corrected chi connectivity index (χ1v) is 7.59. The molecule has 6 heteroatoms. The van der Waals surface area contributed by atoms with Gasteiger partial charge >= 0.3 is 0 Å². The average molecular weight is 363 g/mol. The van der Waals surface area contributed by atoms with Gasteiger partial charge in [0, 0.05) is 0 Å². The van der Waals surface area contributed by atoms with Crippen LogP contribution in [0.15, 0.2) is 72.8 Å². The molecule has 27 heavy (non-hydrogen) atoms. The van der Waals surface area contributed by atoms with E-state index in [4.69, 9.17) is 30.6 Å². The molecule has 0 heterocycles. The topological polar surface area (TPSA) is 123 Å². The first-order chi connectivity index (χ1) is 13.0. The molecule has 0 atom stereocenters. The van der Waals surface area contributed by atoms with Gasteiger partial charge in [0.2, 0.25) is 18.2 Å². The Morgan fingerprint density at radius 2 is 0.815 bits per heavy atom. The van der Waals surface area contributed by atoms with Gasteiger partial charge in [-0.2, -0.15) is 0 Å². The summed E-state index contributed by atoms with van der Waals surface area (Å²) < 4.78 is 0. The second-order valence-electron chi connectivity index (χ2n) is 4.81. The van der Waals surface area contributed by atoms with E-state index in [0.717, 1.165) is 18.2 Å². The maximum absolute atomic E-state index is 8.35. The molecule has 0 saturated heterocycles. The Labute approximate surface area is 158 Å². The third-order valence-corrected chi connectivity index (χ3v) is 2.83. The molecule has 0 bridgehead atoms. The van der Waals surface area contributed by atoms with E-state index in [0.29, 0.717) is 0 Å². The van der Waals surface area contributed by atoms with Gasteiger partial charge in [-0.3, -0.25) is 0 Å². The monoisotopic (exact) mass is 363 g/mol. The molecule has 3 aromatic rings. The Morgan fingerprint density at radius 3 is 1.00 bits per heavy atom. The van der Waals surface area contributed by atoms with Crippen LogP contribution in [0.4, 0.5) is 0 Å². The zero-order valence-electron chi connectivity index (χ0n) is 15.2. The molecular weight excluding hydrogens is 342 g/mol. The number of hydrogen-bond acceptors (Lipinski definition) is 6. The Balaban J connectivity index is 0. The molecule has 0 aliphatic rings. The van der Waals surface area contributed by atoms with Gasteiger partial charge in [-0.1, -0.05) is 83.9 Å². The van der Waals surface area contributed by atoms with E-state index in [-0.39, 0.29) is 0 Å². The fourth-order valence-electron chi connectivity index (χ4n) is 1.94. The van der Waals surface area contributed by atoms with Gasteiger partial charge in [-0.05, 0) is 24.6 Å². The average Bonchev–Trinajstić information content (AvgIpc) is 2.64. The molecule has 0 amide bonds. The largest absolute Gasteiger partial charge is 0.231 e. The van der Waals surface area contributed by atoms with Crippen LogP contribution in [0.1, 0.15) is 11.1 Å². The molecule has 6 nitrogen and oxygen atoms in total. The lowest BCUT2D eigenvalue weighted by Crippen LogP contribution is -1.71. The molecule has 0 spiro atoms. The summed E-state index contributed by atoms with van der Waals surface area (Å²) in [5, 5.41) is 18.8. The molecule has 0 radical (unpaired) electrons. The fraction of sp³-hybridized carbons (Fsp3) is 0.0952. The van der Waals surface area contributed by atoms with Crippen LogP contribution in [0, 0.1) is 30.1 Å². The molecule has 0 fully saturated rings. The minimum Gasteiger partial charge on any atom is -0.222 e. The van der Waals surface area contributed by atoms with Crippen LogP contribution in [0.2, 0.25) is 0 Å². The van der Waals surface area contributed by atoms with E-state index < -0.39 is 0 Å². The van der Waals surface area contributed by atoms with Gasteiger partial charge in [0.25, 0.3) is 0 Å². The first-order valence-electron chi connectivity index (χ1n) is 7.59. The fourth-order valence-corrected chi connectivity index (χ4v) is 1.94. The van der Waals surface area contributed by atoms with E-state index in [9.17, 15) is 0 Å². The highest BCUT2D eigenvalue weighted by atomic mass is 16.1. The molecular formula is C21H21N3O3. The zero-order valence-corrected chi connectivity index (χ0v) is 15.2. The smallest absolute Gasteiger partial charge is 0.222 e. The van der Waals surface area contributed by atoms with E-state index in [1.807, 2.05) is 0 Å². The van der Waals surface area contributed by atoms with Crippen LogP contribution < -0.4 is 0 Å². The molecule has 0 aliphatic heterocycles. The number of carbonyl (C=O) groups excluding carboxylic acids is 3. The molecule has 0 unspecified atom stereocenters. The summed E-state index contributed by atoms with van der Waals surface area (Å²) in [5.41, 5.74) is 2.68. The number of fused-ring (bicyclic) bond motifs is 1. The molecule has 0 aromatic heterocycles. The summed E-state index contributed by atoms with van der Waals surface area (Å²) in [7, 11) is 0. The maximum atomic E-state index is 8.35. The molecule has 3 rings (SSSR count). The lowest BCUT2D eigenvalue weighted by molar-refractivity contribution is 0.562. The van der Waals surface area contributed by atoms with Crippen LogP contribution in [0.3, 0.4) is 0 Å². The van der Waals surface area contributed by atoms with E-state index in [1.54, 1.807) is 0 Å². The van der Waals surface area contributed by atoms with Crippen molar-refractivity contribution in [2.24, 2.45) is 0 Å². The Kier molecular flexibility index (Phi) is 17.2. The lowest BCUT2D eigenvalue weighted by Gasteiger charge is -1.92. The molecule has 3 N–H and O–H groups in total. The minimum atomic E-state index is 0.750. The SMILES string of the molecule is Cc1cccc(C)c1.N=C=O.N=C=O.N=C=O.c1ccc2ccccc2c1. The van der Waals surface area contributed by atoms with Crippen molar-refractivity contribution in [1.82, 2.24) is 0 Å². The molecule has 3 aromatic carbocycles. The molecule has 0 saturated carbocycles. The highest BCUT2D eigenvalue weighted by Gasteiger charge is 1.85. The first kappa shape index (κ1) is 25.3. The second kappa shape index (κ2) is 18.4. The normalized spacial score (nSPS) is 7.33. The van der Waals surface area contributed by atoms with Gasteiger partial charge in [0.05, 0.1) is 0 Å². The van der Waals surface area contributed by atoms with Gasteiger partial charge in [0.1, 0.15) is 0 Å². The summed E-state index contributed by atoms with van der Waals surface area (Å²) >= 11 is 0. The third kappa shape index (κ3) is 15.3. The minimum absolute atomic E-state index is 0.750. The van der Waals surface area contributed by atoms with Crippen molar-refractivity contribution in [2.75, 3.05) is 0 Å². The van der Waals surface area contributed by atoms with Crippen molar-refractivity contribution in [1.29, 1.82) is 16.2 Å². The van der Waals surface area contributed by atoms with Crippen molar-refractivity contribution in [3.63, 3.8) is 0 Å². The van der Waals surface area contributed by atoms with Crippen LogP contribution in [-0.2, 0) is 14.4 Å². The highest BCUT2D eigenvalue weighted by molar-refractivity contribution is 5.81. The lowest BCUT2D eigenvalue weighted by atomic mass is 10.1. The Hall–Kier alpha value is -3.94. The van der Waals surface area contributed by atoms with Crippen LogP contribution in [0.25, 0.3) is 10.8 Å². The van der Waals surface area contributed by atoms with Crippen molar-refractivity contribution in [3.05, 3.63) is 83.9 Å². The Morgan fingerprint density at radius 1 is 0.556 bits per heavy atom. The maximum Gasteiger partial charge on any atom is 0.231 e. The standard InChI is InChI=1S/C10H8.C8H10.3CHNO/c1-2-6-10-8-4-3-7-9(10)5-1;1-7-4-3-5-8(2)6-7;3*2-1-3/h1-8H;3-6H,1-2H3;3*2H. The highest BCUT2D eigenvalue weighted by Crippen LogP contribution is 2.11. The van der Waals surface area contributed by atoms with Crippen LogP contribution >= 0.6 is 0 Å². The predicted molar refractivity (Wildman–Crippen MR) is 105 cm³/mol. The second-order valence-corrected chi connectivity index (χ2v) is 4.81. The van der Waals surface area contributed by atoms with Crippen LogP contribution in [-0.4, -0.2) is 18.2 Å². The van der Waals surface area contributed by atoms with Crippen LogP contribution in [0.5, 0.6) is 0 Å². The third-order valence-electron chi connectivity index (χ3n) is 2.83. The van der Waals surface area contributed by atoms with Gasteiger partial charge in [0.15, 0.2) is 0 Å².